The van der Waals surface area contributed by atoms with E-state index in [1.807, 2.05) is 60.7 Å². The van der Waals surface area contributed by atoms with Gasteiger partial charge in [-0.25, -0.2) is 0 Å². The molecule has 0 saturated heterocycles. The molecular weight excluding hydrogens is 388 g/mol. The Hall–Kier alpha value is -2.74. The van der Waals surface area contributed by atoms with Gasteiger partial charge in [0.2, 0.25) is 0 Å². The molecule has 4 nitrogen and oxygen atoms in total. The molecule has 0 fully saturated rings. The van der Waals surface area contributed by atoms with E-state index in [9.17, 15) is 10.5 Å². The Morgan fingerprint density at radius 2 is 0.964 bits per heavy atom. The Balaban J connectivity index is 2.06. The maximum Gasteiger partial charge on any atom is 0.101 e. The van der Waals surface area contributed by atoms with E-state index < -0.39 is 0 Å². The van der Waals surface area contributed by atoms with E-state index >= 15 is 0 Å². The van der Waals surface area contributed by atoms with Crippen LogP contribution in [0.1, 0.15) is 11.1 Å². The van der Waals surface area contributed by atoms with Crippen LogP contribution < -0.4 is 0 Å². The van der Waals surface area contributed by atoms with E-state index in [2.05, 4.69) is 12.1 Å². The number of hydrogen-bond acceptors (Lipinski definition) is 6. The molecule has 0 aliphatic rings. The zero-order chi connectivity index (χ0) is 19.9. The normalized spacial score (nSPS) is 10.3. The third-order valence-corrected chi connectivity index (χ3v) is 5.38. The topological polar surface area (TPSA) is 66.0 Å². The van der Waals surface area contributed by atoms with Gasteiger partial charge >= 0.3 is 0 Å². The number of rotatable bonds is 6. The zero-order valence-corrected chi connectivity index (χ0v) is 16.9. The molecule has 3 aromatic carbocycles. The lowest BCUT2D eigenvalue weighted by Gasteiger charge is -2.12. The van der Waals surface area contributed by atoms with E-state index in [1.54, 1.807) is 14.2 Å². The van der Waals surface area contributed by atoms with E-state index in [0.29, 0.717) is 11.1 Å². The molecule has 0 N–H and O–H groups in total. The lowest BCUT2D eigenvalue weighted by atomic mass is 9.90. The minimum atomic E-state index is 0.377. The molecule has 3 rings (SSSR count). The summed E-state index contributed by atoms with van der Waals surface area (Å²) in [7, 11) is 3.23. The van der Waals surface area contributed by atoms with Crippen molar-refractivity contribution >= 4 is 24.1 Å². The highest BCUT2D eigenvalue weighted by atomic mass is 32.2. The first-order valence-corrected chi connectivity index (χ1v) is 9.79. The summed E-state index contributed by atoms with van der Waals surface area (Å²) in [5.41, 5.74) is 4.00. The molecule has 0 atom stereocenters. The Labute approximate surface area is 173 Å². The standard InChI is InChI=1S/C22H16N2O2S2/c1-25-27-17-7-3-15(4-8-17)19-11-12-20(22(14-24)21(19)13-23)16-5-9-18(10-6-16)28-26-2/h3-12H,1-2H3. The van der Waals surface area contributed by atoms with Crippen molar-refractivity contribution in [3.63, 3.8) is 0 Å². The van der Waals surface area contributed by atoms with Crippen LogP contribution in [0, 0.1) is 22.7 Å². The maximum absolute atomic E-state index is 9.77. The largest absolute Gasteiger partial charge is 0.314 e. The highest BCUT2D eigenvalue weighted by Gasteiger charge is 2.16. The third kappa shape index (κ3) is 4.22. The fraction of sp³-hybridized carbons (Fsp3) is 0.0909. The lowest BCUT2D eigenvalue weighted by Crippen LogP contribution is -1.94. The number of nitriles is 2. The Bertz CT molecular complexity index is 964. The summed E-state index contributed by atoms with van der Waals surface area (Å²) >= 11 is 2.55. The number of hydrogen-bond donors (Lipinski definition) is 0. The van der Waals surface area contributed by atoms with Crippen LogP contribution in [0.5, 0.6) is 0 Å². The summed E-state index contributed by atoms with van der Waals surface area (Å²) in [4.78, 5) is 1.94. The van der Waals surface area contributed by atoms with Crippen LogP contribution in [0.3, 0.4) is 0 Å². The van der Waals surface area contributed by atoms with Crippen LogP contribution in [0.4, 0.5) is 0 Å². The van der Waals surface area contributed by atoms with E-state index in [0.717, 1.165) is 32.0 Å². The molecule has 0 aliphatic heterocycles. The van der Waals surface area contributed by atoms with Gasteiger partial charge in [0.25, 0.3) is 0 Å². The molecule has 0 saturated carbocycles. The smallest absolute Gasteiger partial charge is 0.101 e. The molecular formula is C22H16N2O2S2. The average Bonchev–Trinajstić information content (AvgIpc) is 2.74. The minimum Gasteiger partial charge on any atom is -0.314 e. The van der Waals surface area contributed by atoms with Crippen molar-refractivity contribution in [2.45, 2.75) is 9.79 Å². The molecule has 0 heterocycles. The van der Waals surface area contributed by atoms with Gasteiger partial charge < -0.3 is 8.37 Å². The van der Waals surface area contributed by atoms with Crippen molar-refractivity contribution in [2.75, 3.05) is 14.2 Å². The van der Waals surface area contributed by atoms with Gasteiger partial charge in [-0.2, -0.15) is 10.5 Å². The third-order valence-electron chi connectivity index (χ3n) is 4.12. The van der Waals surface area contributed by atoms with E-state index in [4.69, 9.17) is 8.37 Å². The molecule has 0 bridgehead atoms. The first-order chi connectivity index (χ1) is 13.7. The van der Waals surface area contributed by atoms with Gasteiger partial charge in [0.05, 0.1) is 25.3 Å². The number of nitrogens with zero attached hydrogens (tertiary/aromatic N) is 2. The summed E-state index contributed by atoms with van der Waals surface area (Å²) in [6.45, 7) is 0. The van der Waals surface area contributed by atoms with Gasteiger partial charge in [-0.15, -0.1) is 0 Å². The second-order valence-corrected chi connectivity index (χ2v) is 7.63. The van der Waals surface area contributed by atoms with Gasteiger partial charge in [0, 0.05) is 45.0 Å². The molecule has 0 aromatic heterocycles. The predicted octanol–water partition coefficient (Wildman–Crippen LogP) is 6.07. The fourth-order valence-corrected chi connectivity index (χ4v) is 3.77. The van der Waals surface area contributed by atoms with Crippen LogP contribution in [0.15, 0.2) is 70.5 Å². The molecule has 0 radical (unpaired) electrons. The Kier molecular flexibility index (Phi) is 6.76. The van der Waals surface area contributed by atoms with Crippen molar-refractivity contribution in [1.29, 1.82) is 10.5 Å². The molecule has 28 heavy (non-hydrogen) atoms. The molecule has 6 heteroatoms. The van der Waals surface area contributed by atoms with Gasteiger partial charge in [-0.05, 0) is 35.4 Å². The van der Waals surface area contributed by atoms with Crippen LogP contribution in [-0.2, 0) is 8.37 Å². The SMILES string of the molecule is COSc1ccc(-c2ccc(-c3ccc(SOC)cc3)c(C#N)c2C#N)cc1. The quantitative estimate of drug-likeness (QED) is 0.465. The van der Waals surface area contributed by atoms with Crippen molar-refractivity contribution in [1.82, 2.24) is 0 Å². The summed E-state index contributed by atoms with van der Waals surface area (Å²) in [5.74, 6) is 0. The van der Waals surface area contributed by atoms with Crippen LogP contribution in [0.2, 0.25) is 0 Å². The molecule has 0 unspecified atom stereocenters. The molecule has 0 spiro atoms. The summed E-state index contributed by atoms with van der Waals surface area (Å²) in [6.07, 6.45) is 0. The minimum absolute atomic E-state index is 0.377. The summed E-state index contributed by atoms with van der Waals surface area (Å²) in [6, 6.07) is 23.6. The van der Waals surface area contributed by atoms with Gasteiger partial charge in [0.15, 0.2) is 0 Å². The first kappa shape index (κ1) is 20.0. The van der Waals surface area contributed by atoms with Gasteiger partial charge in [0.1, 0.15) is 12.1 Å². The second-order valence-electron chi connectivity index (χ2n) is 5.68. The predicted molar refractivity (Wildman–Crippen MR) is 112 cm³/mol. The first-order valence-electron chi connectivity index (χ1n) is 8.31. The Morgan fingerprint density at radius 3 is 1.25 bits per heavy atom. The zero-order valence-electron chi connectivity index (χ0n) is 15.3. The van der Waals surface area contributed by atoms with E-state index in [-0.39, 0.29) is 0 Å². The van der Waals surface area contributed by atoms with Gasteiger partial charge in [-0.3, -0.25) is 0 Å². The van der Waals surface area contributed by atoms with Crippen LogP contribution in [-0.4, -0.2) is 14.2 Å². The summed E-state index contributed by atoms with van der Waals surface area (Å²) in [5, 5.41) is 19.5. The fourth-order valence-electron chi connectivity index (χ4n) is 2.89. The van der Waals surface area contributed by atoms with Gasteiger partial charge in [-0.1, -0.05) is 36.4 Å². The lowest BCUT2D eigenvalue weighted by molar-refractivity contribution is 0.489. The summed E-state index contributed by atoms with van der Waals surface area (Å²) < 4.78 is 10.1. The molecule has 0 amide bonds. The van der Waals surface area contributed by atoms with Crippen LogP contribution in [0.25, 0.3) is 22.3 Å². The highest BCUT2D eigenvalue weighted by Crippen LogP contribution is 2.34. The average molecular weight is 405 g/mol. The van der Waals surface area contributed by atoms with Crippen molar-refractivity contribution in [3.8, 4) is 34.4 Å². The van der Waals surface area contributed by atoms with Crippen molar-refractivity contribution in [2.24, 2.45) is 0 Å². The monoisotopic (exact) mass is 404 g/mol. The van der Waals surface area contributed by atoms with Crippen molar-refractivity contribution in [3.05, 3.63) is 71.8 Å². The van der Waals surface area contributed by atoms with Crippen LogP contribution >= 0.6 is 24.1 Å². The highest BCUT2D eigenvalue weighted by molar-refractivity contribution is 7.94. The van der Waals surface area contributed by atoms with E-state index in [1.165, 1.54) is 24.1 Å². The molecule has 3 aromatic rings. The second kappa shape index (κ2) is 9.45. The van der Waals surface area contributed by atoms with Crippen molar-refractivity contribution < 1.29 is 8.37 Å². The molecule has 138 valence electrons. The Morgan fingerprint density at radius 1 is 0.607 bits per heavy atom. The molecule has 0 aliphatic carbocycles. The number of benzene rings is 3. The maximum atomic E-state index is 9.77.